The maximum atomic E-state index is 9.84. The Morgan fingerprint density at radius 3 is 2.54 bits per heavy atom. The van der Waals surface area contributed by atoms with Gasteiger partial charge in [-0.2, -0.15) is 10.2 Å². The number of benzene rings is 2. The van der Waals surface area contributed by atoms with E-state index < -0.39 is 0 Å². The Labute approximate surface area is 221 Å². The van der Waals surface area contributed by atoms with E-state index >= 15 is 0 Å². The van der Waals surface area contributed by atoms with Gasteiger partial charge in [0, 0.05) is 57.5 Å². The fourth-order valence-corrected chi connectivity index (χ4v) is 5.35. The van der Waals surface area contributed by atoms with Crippen LogP contribution < -0.4 is 10.1 Å². The van der Waals surface area contributed by atoms with Crippen molar-refractivity contribution in [2.24, 2.45) is 0 Å². The highest BCUT2D eigenvalue weighted by Crippen LogP contribution is 2.43. The quantitative estimate of drug-likeness (QED) is 0.422. The predicted octanol–water partition coefficient (Wildman–Crippen LogP) is 4.23. The summed E-state index contributed by atoms with van der Waals surface area (Å²) in [6.07, 6.45) is 1.63. The van der Waals surface area contributed by atoms with Crippen molar-refractivity contribution in [3.63, 3.8) is 0 Å². The Balaban J connectivity index is 1.15. The molecule has 0 bridgehead atoms. The number of hydrogen-bond donors (Lipinski definition) is 1. The topological polar surface area (TPSA) is 86.5 Å². The first-order valence-electron chi connectivity index (χ1n) is 12.4. The molecule has 1 N–H and O–H groups in total. The first kappa shape index (κ1) is 25.2. The van der Waals surface area contributed by atoms with Gasteiger partial charge in [0.25, 0.3) is 0 Å². The lowest BCUT2D eigenvalue weighted by Gasteiger charge is -2.34. The number of fused-ring (bicyclic) bond motifs is 1. The summed E-state index contributed by atoms with van der Waals surface area (Å²) < 4.78 is 11.1. The molecular weight excluding hydrogens is 484 g/mol. The van der Waals surface area contributed by atoms with Crippen LogP contribution in [0, 0.1) is 11.3 Å². The van der Waals surface area contributed by atoms with Crippen LogP contribution in [-0.2, 0) is 17.9 Å². The van der Waals surface area contributed by atoms with Crippen molar-refractivity contribution in [2.45, 2.75) is 18.0 Å². The lowest BCUT2D eigenvalue weighted by molar-refractivity contribution is 0.0938. The molecule has 5 rings (SSSR count). The van der Waals surface area contributed by atoms with E-state index in [-0.39, 0.29) is 6.01 Å². The molecule has 0 spiro atoms. The van der Waals surface area contributed by atoms with Gasteiger partial charge in [0.15, 0.2) is 0 Å². The minimum atomic E-state index is 0.252. The summed E-state index contributed by atoms with van der Waals surface area (Å²) in [6.45, 7) is 7.42. The molecule has 0 saturated carbocycles. The van der Waals surface area contributed by atoms with Crippen LogP contribution in [0.25, 0.3) is 5.57 Å². The molecule has 8 nitrogen and oxygen atoms in total. The molecule has 37 heavy (non-hydrogen) atoms. The number of ether oxygens (including phenoxy) is 2. The number of para-hydroxylation sites is 1. The number of rotatable bonds is 9. The van der Waals surface area contributed by atoms with Crippen molar-refractivity contribution in [3.8, 4) is 12.1 Å². The van der Waals surface area contributed by atoms with Gasteiger partial charge < -0.3 is 14.8 Å². The van der Waals surface area contributed by atoms with Gasteiger partial charge >= 0.3 is 6.01 Å². The fraction of sp³-hybridized carbons (Fsp3) is 0.321. The third-order valence-electron chi connectivity index (χ3n) is 6.45. The first-order valence-corrected chi connectivity index (χ1v) is 13.2. The van der Waals surface area contributed by atoms with Crippen LogP contribution in [0.1, 0.15) is 16.8 Å². The van der Waals surface area contributed by atoms with Crippen LogP contribution in [0.4, 0.5) is 5.69 Å². The van der Waals surface area contributed by atoms with Gasteiger partial charge in [0.2, 0.25) is 0 Å². The molecule has 1 fully saturated rings. The van der Waals surface area contributed by atoms with E-state index in [1.165, 1.54) is 17.3 Å². The summed E-state index contributed by atoms with van der Waals surface area (Å²) in [5, 5.41) is 13.9. The third-order valence-corrected chi connectivity index (χ3v) is 7.54. The predicted molar refractivity (Wildman–Crippen MR) is 145 cm³/mol. The summed E-state index contributed by atoms with van der Waals surface area (Å²) in [7, 11) is 1.75. The second-order valence-corrected chi connectivity index (χ2v) is 10.0. The van der Waals surface area contributed by atoms with Gasteiger partial charge in [0.1, 0.15) is 18.2 Å². The van der Waals surface area contributed by atoms with E-state index in [1.54, 1.807) is 19.4 Å². The summed E-state index contributed by atoms with van der Waals surface area (Å²) in [4.78, 5) is 14.8. The van der Waals surface area contributed by atoms with Crippen molar-refractivity contribution in [1.82, 2.24) is 19.8 Å². The van der Waals surface area contributed by atoms with Crippen molar-refractivity contribution in [1.29, 1.82) is 5.26 Å². The molecule has 9 heteroatoms. The number of methoxy groups -OCH3 is 1. The Kier molecular flexibility index (Phi) is 8.33. The standard InChI is InChI=1S/C28H30N6O2S/c1-35-17-16-33-12-14-34(15-13-33)19-21-6-8-22(9-7-21)20-36-28-30-11-10-24(32-28)23(18-29)27-31-25-4-2-3-5-26(25)37-27/h2-11,31H,12-17,19-20H2,1H3. The zero-order valence-corrected chi connectivity index (χ0v) is 21.7. The molecule has 0 aliphatic carbocycles. The molecule has 0 amide bonds. The van der Waals surface area contributed by atoms with Gasteiger partial charge in [-0.05, 0) is 29.3 Å². The Bertz CT molecular complexity index is 1260. The van der Waals surface area contributed by atoms with E-state index in [0.717, 1.165) is 67.1 Å². The summed E-state index contributed by atoms with van der Waals surface area (Å²) in [6, 6.07) is 20.7. The van der Waals surface area contributed by atoms with Crippen LogP contribution in [0.3, 0.4) is 0 Å². The SMILES string of the molecule is COCCN1CCN(Cc2ccc(COc3nccc(C(C#N)=C4Nc5ccccc5S4)n3)cc2)CC1. The number of anilines is 1. The molecule has 3 aromatic rings. The van der Waals surface area contributed by atoms with Gasteiger partial charge in [-0.1, -0.05) is 48.2 Å². The number of aromatic nitrogens is 2. The zero-order chi connectivity index (χ0) is 25.5. The molecule has 0 radical (unpaired) electrons. The smallest absolute Gasteiger partial charge is 0.317 e. The van der Waals surface area contributed by atoms with Crippen LogP contribution in [0.5, 0.6) is 6.01 Å². The minimum absolute atomic E-state index is 0.252. The van der Waals surface area contributed by atoms with Crippen molar-refractivity contribution in [2.75, 3.05) is 51.8 Å². The molecule has 2 aliphatic rings. The second kappa shape index (κ2) is 12.2. The monoisotopic (exact) mass is 514 g/mol. The van der Waals surface area contributed by atoms with Crippen molar-refractivity contribution < 1.29 is 9.47 Å². The number of nitrogens with zero attached hydrogens (tertiary/aromatic N) is 5. The maximum absolute atomic E-state index is 9.84. The van der Waals surface area contributed by atoms with E-state index in [4.69, 9.17) is 9.47 Å². The Hall–Kier alpha value is -3.42. The van der Waals surface area contributed by atoms with Crippen LogP contribution in [0.2, 0.25) is 0 Å². The number of allylic oxidation sites excluding steroid dienone is 1. The average molecular weight is 515 g/mol. The van der Waals surface area contributed by atoms with Crippen molar-refractivity contribution >= 4 is 23.0 Å². The third kappa shape index (κ3) is 6.48. The fourth-order valence-electron chi connectivity index (χ4n) is 4.34. The van der Waals surface area contributed by atoms with Crippen LogP contribution in [0.15, 0.2) is 70.7 Å². The lowest BCUT2D eigenvalue weighted by Crippen LogP contribution is -2.46. The van der Waals surface area contributed by atoms with Gasteiger partial charge in [0.05, 0.1) is 23.0 Å². The molecule has 0 unspecified atom stereocenters. The maximum Gasteiger partial charge on any atom is 0.317 e. The van der Waals surface area contributed by atoms with E-state index in [2.05, 4.69) is 55.4 Å². The highest BCUT2D eigenvalue weighted by atomic mass is 32.2. The molecular formula is C28H30N6O2S. The first-order chi connectivity index (χ1) is 18.2. The minimum Gasteiger partial charge on any atom is -0.459 e. The number of nitrogens with one attached hydrogen (secondary N) is 1. The van der Waals surface area contributed by atoms with Gasteiger partial charge in [-0.25, -0.2) is 4.98 Å². The van der Waals surface area contributed by atoms with Crippen molar-refractivity contribution in [3.05, 3.63) is 82.6 Å². The summed E-state index contributed by atoms with van der Waals surface area (Å²) in [5.41, 5.74) is 4.34. The summed E-state index contributed by atoms with van der Waals surface area (Å²) >= 11 is 1.53. The largest absolute Gasteiger partial charge is 0.459 e. The van der Waals surface area contributed by atoms with Gasteiger partial charge in [-0.15, -0.1) is 0 Å². The normalized spacial score (nSPS) is 17.1. The molecule has 1 aromatic heterocycles. The number of piperazine rings is 1. The molecule has 0 atom stereocenters. The van der Waals surface area contributed by atoms with Gasteiger partial charge in [-0.3, -0.25) is 9.80 Å². The Morgan fingerprint density at radius 2 is 1.78 bits per heavy atom. The van der Waals surface area contributed by atoms with Crippen LogP contribution in [-0.4, -0.2) is 66.2 Å². The van der Waals surface area contributed by atoms with Crippen LogP contribution >= 0.6 is 11.8 Å². The molecule has 2 aromatic carbocycles. The lowest BCUT2D eigenvalue weighted by atomic mass is 10.1. The van der Waals surface area contributed by atoms with E-state index in [1.807, 2.05) is 24.3 Å². The highest BCUT2D eigenvalue weighted by Gasteiger charge is 2.21. The van der Waals surface area contributed by atoms with E-state index in [0.29, 0.717) is 17.9 Å². The molecule has 1 saturated heterocycles. The highest BCUT2D eigenvalue weighted by molar-refractivity contribution is 8.04. The summed E-state index contributed by atoms with van der Waals surface area (Å²) in [5.74, 6) is 0. The molecule has 2 aliphatic heterocycles. The van der Waals surface area contributed by atoms with E-state index in [9.17, 15) is 5.26 Å². The second-order valence-electron chi connectivity index (χ2n) is 8.98. The molecule has 3 heterocycles. The average Bonchev–Trinajstić information content (AvgIpc) is 3.37. The Morgan fingerprint density at radius 1 is 1.03 bits per heavy atom. The number of thioether (sulfide) groups is 1. The molecule has 190 valence electrons. The zero-order valence-electron chi connectivity index (χ0n) is 20.9. The number of nitriles is 1. The number of hydrogen-bond acceptors (Lipinski definition) is 9.